The van der Waals surface area contributed by atoms with Gasteiger partial charge in [0.2, 0.25) is 0 Å². The molecule has 112 valence electrons. The molecule has 3 nitrogen and oxygen atoms in total. The highest BCUT2D eigenvalue weighted by Crippen LogP contribution is 2.25. The van der Waals surface area contributed by atoms with Crippen molar-refractivity contribution in [1.82, 2.24) is 4.98 Å². The molecule has 0 aliphatic rings. The fourth-order valence-corrected chi connectivity index (χ4v) is 2.73. The molecule has 2 rings (SSSR count). The van der Waals surface area contributed by atoms with Gasteiger partial charge in [0, 0.05) is 42.3 Å². The van der Waals surface area contributed by atoms with Gasteiger partial charge in [-0.1, -0.05) is 24.3 Å². The van der Waals surface area contributed by atoms with Crippen LogP contribution in [0.1, 0.15) is 35.0 Å². The predicted octanol–water partition coefficient (Wildman–Crippen LogP) is 3.49. The zero-order valence-electron chi connectivity index (χ0n) is 13.5. The van der Waals surface area contributed by atoms with Gasteiger partial charge in [-0.05, 0) is 44.9 Å². The third kappa shape index (κ3) is 3.42. The maximum absolute atomic E-state index is 5.95. The summed E-state index contributed by atoms with van der Waals surface area (Å²) in [4.78, 5) is 6.92. The van der Waals surface area contributed by atoms with Crippen molar-refractivity contribution in [2.75, 3.05) is 11.4 Å². The van der Waals surface area contributed by atoms with Crippen molar-refractivity contribution in [3.8, 4) is 0 Å². The number of pyridine rings is 1. The molecule has 0 saturated heterocycles. The van der Waals surface area contributed by atoms with Crippen molar-refractivity contribution in [3.05, 3.63) is 58.4 Å². The van der Waals surface area contributed by atoms with Gasteiger partial charge in [-0.3, -0.25) is 4.98 Å². The molecule has 0 bridgehead atoms. The molecule has 21 heavy (non-hydrogen) atoms. The van der Waals surface area contributed by atoms with E-state index in [-0.39, 0.29) is 0 Å². The van der Waals surface area contributed by atoms with E-state index in [2.05, 4.69) is 54.1 Å². The molecule has 1 aromatic carbocycles. The van der Waals surface area contributed by atoms with E-state index in [1.165, 1.54) is 16.8 Å². The molecule has 2 N–H and O–H groups in total. The molecule has 1 heterocycles. The van der Waals surface area contributed by atoms with E-state index in [0.29, 0.717) is 6.54 Å². The average Bonchev–Trinajstić information content (AvgIpc) is 2.45. The lowest BCUT2D eigenvalue weighted by molar-refractivity contribution is 0.809. The summed E-state index contributed by atoms with van der Waals surface area (Å²) in [5.74, 6) is 0. The summed E-state index contributed by atoms with van der Waals surface area (Å²) in [6.45, 7) is 10.8. The number of benzene rings is 1. The normalized spacial score (nSPS) is 10.7. The zero-order valence-corrected chi connectivity index (χ0v) is 13.5. The first-order valence-corrected chi connectivity index (χ1v) is 7.53. The standard InChI is InChI=1S/C18H25N3/c1-5-21(12-16-9-7-6-8-13(16)2)18-10-14(3)20-15(4)17(18)11-19/h6-10H,5,11-12,19H2,1-4H3. The largest absolute Gasteiger partial charge is 0.367 e. The van der Waals surface area contributed by atoms with Crippen LogP contribution in [-0.2, 0) is 13.1 Å². The van der Waals surface area contributed by atoms with Crippen LogP contribution in [0.3, 0.4) is 0 Å². The van der Waals surface area contributed by atoms with E-state index >= 15 is 0 Å². The quantitative estimate of drug-likeness (QED) is 0.913. The Balaban J connectivity index is 2.40. The summed E-state index contributed by atoms with van der Waals surface area (Å²) in [6, 6.07) is 10.7. The summed E-state index contributed by atoms with van der Waals surface area (Å²) < 4.78 is 0. The molecule has 0 spiro atoms. The maximum atomic E-state index is 5.95. The second-order valence-electron chi connectivity index (χ2n) is 5.49. The molecular weight excluding hydrogens is 258 g/mol. The highest BCUT2D eigenvalue weighted by atomic mass is 15.1. The number of nitrogens with two attached hydrogens (primary N) is 1. The van der Waals surface area contributed by atoms with Crippen molar-refractivity contribution in [2.45, 2.75) is 40.8 Å². The Hall–Kier alpha value is -1.87. The second-order valence-corrected chi connectivity index (χ2v) is 5.49. The fourth-order valence-electron chi connectivity index (χ4n) is 2.73. The summed E-state index contributed by atoms with van der Waals surface area (Å²) in [5, 5.41) is 0. The van der Waals surface area contributed by atoms with Gasteiger partial charge in [0.05, 0.1) is 0 Å². The number of aromatic nitrogens is 1. The zero-order chi connectivity index (χ0) is 15.4. The molecule has 0 amide bonds. The maximum Gasteiger partial charge on any atom is 0.0451 e. The lowest BCUT2D eigenvalue weighted by Crippen LogP contribution is -2.25. The predicted molar refractivity (Wildman–Crippen MR) is 89.5 cm³/mol. The Morgan fingerprint density at radius 1 is 1.14 bits per heavy atom. The van der Waals surface area contributed by atoms with Gasteiger partial charge in [0.15, 0.2) is 0 Å². The van der Waals surface area contributed by atoms with E-state index in [4.69, 9.17) is 5.73 Å². The first-order valence-electron chi connectivity index (χ1n) is 7.53. The lowest BCUT2D eigenvalue weighted by atomic mass is 10.1. The Bertz CT molecular complexity index is 620. The number of nitrogens with zero attached hydrogens (tertiary/aromatic N) is 2. The number of aryl methyl sites for hydroxylation is 3. The van der Waals surface area contributed by atoms with Crippen LogP contribution in [0.5, 0.6) is 0 Å². The second kappa shape index (κ2) is 6.72. The number of anilines is 1. The first kappa shape index (κ1) is 15.5. The molecule has 0 fully saturated rings. The number of hydrogen-bond donors (Lipinski definition) is 1. The Morgan fingerprint density at radius 3 is 2.48 bits per heavy atom. The molecular formula is C18H25N3. The van der Waals surface area contributed by atoms with Crippen LogP contribution in [0, 0.1) is 20.8 Å². The molecule has 0 aliphatic heterocycles. The smallest absolute Gasteiger partial charge is 0.0451 e. The number of hydrogen-bond acceptors (Lipinski definition) is 3. The van der Waals surface area contributed by atoms with Crippen LogP contribution in [0.2, 0.25) is 0 Å². The molecule has 0 radical (unpaired) electrons. The molecule has 0 aliphatic carbocycles. The minimum Gasteiger partial charge on any atom is -0.367 e. The minimum absolute atomic E-state index is 0.527. The van der Waals surface area contributed by atoms with Crippen LogP contribution >= 0.6 is 0 Å². The van der Waals surface area contributed by atoms with Gasteiger partial charge in [0.1, 0.15) is 0 Å². The monoisotopic (exact) mass is 283 g/mol. The minimum atomic E-state index is 0.527. The van der Waals surface area contributed by atoms with Crippen LogP contribution in [-0.4, -0.2) is 11.5 Å². The van der Waals surface area contributed by atoms with Crippen molar-refractivity contribution in [3.63, 3.8) is 0 Å². The highest BCUT2D eigenvalue weighted by Gasteiger charge is 2.14. The molecule has 0 unspecified atom stereocenters. The summed E-state index contributed by atoms with van der Waals surface area (Å²) in [6.07, 6.45) is 0. The first-order chi connectivity index (χ1) is 10.1. The van der Waals surface area contributed by atoms with E-state index < -0.39 is 0 Å². The highest BCUT2D eigenvalue weighted by molar-refractivity contribution is 5.56. The number of rotatable bonds is 5. The van der Waals surface area contributed by atoms with Crippen LogP contribution < -0.4 is 10.6 Å². The SMILES string of the molecule is CCN(Cc1ccccc1C)c1cc(C)nc(C)c1CN. The van der Waals surface area contributed by atoms with E-state index in [1.807, 2.05) is 13.8 Å². The van der Waals surface area contributed by atoms with Crippen molar-refractivity contribution >= 4 is 5.69 Å². The van der Waals surface area contributed by atoms with Gasteiger partial charge in [-0.2, -0.15) is 0 Å². The molecule has 2 aromatic rings. The average molecular weight is 283 g/mol. The van der Waals surface area contributed by atoms with Crippen molar-refractivity contribution in [2.24, 2.45) is 5.73 Å². The topological polar surface area (TPSA) is 42.2 Å². The van der Waals surface area contributed by atoms with Gasteiger partial charge in [0.25, 0.3) is 0 Å². The molecule has 0 saturated carbocycles. The van der Waals surface area contributed by atoms with Crippen LogP contribution in [0.4, 0.5) is 5.69 Å². The Kier molecular flexibility index (Phi) is 4.97. The lowest BCUT2D eigenvalue weighted by Gasteiger charge is -2.27. The third-order valence-corrected chi connectivity index (χ3v) is 3.98. The third-order valence-electron chi connectivity index (χ3n) is 3.98. The summed E-state index contributed by atoms with van der Waals surface area (Å²) in [5.41, 5.74) is 13.1. The van der Waals surface area contributed by atoms with E-state index in [0.717, 1.165) is 30.0 Å². The summed E-state index contributed by atoms with van der Waals surface area (Å²) >= 11 is 0. The van der Waals surface area contributed by atoms with Crippen molar-refractivity contribution < 1.29 is 0 Å². The Morgan fingerprint density at radius 2 is 1.86 bits per heavy atom. The van der Waals surface area contributed by atoms with Crippen molar-refractivity contribution in [1.29, 1.82) is 0 Å². The Labute approximate surface area is 127 Å². The molecule has 3 heteroatoms. The van der Waals surface area contributed by atoms with Crippen LogP contribution in [0.15, 0.2) is 30.3 Å². The van der Waals surface area contributed by atoms with Gasteiger partial charge in [-0.15, -0.1) is 0 Å². The van der Waals surface area contributed by atoms with Gasteiger partial charge in [-0.25, -0.2) is 0 Å². The molecule has 1 aromatic heterocycles. The molecule has 0 atom stereocenters. The van der Waals surface area contributed by atoms with Crippen LogP contribution in [0.25, 0.3) is 0 Å². The fraction of sp³-hybridized carbons (Fsp3) is 0.389. The van der Waals surface area contributed by atoms with Gasteiger partial charge < -0.3 is 10.6 Å². The summed E-state index contributed by atoms with van der Waals surface area (Å²) in [7, 11) is 0. The van der Waals surface area contributed by atoms with E-state index in [9.17, 15) is 0 Å². The van der Waals surface area contributed by atoms with Gasteiger partial charge >= 0.3 is 0 Å². The van der Waals surface area contributed by atoms with E-state index in [1.54, 1.807) is 0 Å².